The minimum atomic E-state index is -0.00188. The van der Waals surface area contributed by atoms with E-state index >= 15 is 0 Å². The van der Waals surface area contributed by atoms with E-state index in [9.17, 15) is 0 Å². The first-order chi connectivity index (χ1) is 9.03. The van der Waals surface area contributed by atoms with Crippen LogP contribution in [0.1, 0.15) is 40.0 Å². The van der Waals surface area contributed by atoms with Gasteiger partial charge in [0.05, 0.1) is 6.10 Å². The molecule has 0 amide bonds. The predicted molar refractivity (Wildman–Crippen MR) is 76.7 cm³/mol. The number of nitrogens with one attached hydrogen (secondary N) is 1. The summed E-state index contributed by atoms with van der Waals surface area (Å²) in [6.45, 7) is 7.77. The third-order valence-corrected chi connectivity index (χ3v) is 2.92. The lowest BCUT2D eigenvalue weighted by molar-refractivity contribution is -0.0119. The lowest BCUT2D eigenvalue weighted by Crippen LogP contribution is -2.27. The van der Waals surface area contributed by atoms with Crippen LogP contribution in [0.3, 0.4) is 0 Å². The van der Waals surface area contributed by atoms with Crippen molar-refractivity contribution in [3.63, 3.8) is 0 Å². The van der Waals surface area contributed by atoms with Crippen molar-refractivity contribution >= 4 is 5.82 Å². The van der Waals surface area contributed by atoms with E-state index in [2.05, 4.69) is 31.1 Å². The molecule has 2 rings (SSSR count). The Bertz CT molecular complexity index is 395. The first kappa shape index (κ1) is 14.1. The summed E-state index contributed by atoms with van der Waals surface area (Å²) in [5, 5.41) is 3.34. The summed E-state index contributed by atoms with van der Waals surface area (Å²) in [6.07, 6.45) is 3.70. The first-order valence-corrected chi connectivity index (χ1v) is 7.02. The number of pyridine rings is 1. The van der Waals surface area contributed by atoms with Gasteiger partial charge in [0, 0.05) is 18.2 Å². The number of nitrogens with zero attached hydrogens (tertiary/aromatic N) is 1. The van der Waals surface area contributed by atoms with Gasteiger partial charge in [-0.3, -0.25) is 0 Å². The highest BCUT2D eigenvalue weighted by Crippen LogP contribution is 2.18. The second-order valence-corrected chi connectivity index (χ2v) is 6.04. The molecule has 19 heavy (non-hydrogen) atoms. The Morgan fingerprint density at radius 2 is 2.21 bits per heavy atom. The molecule has 1 aromatic rings. The van der Waals surface area contributed by atoms with Gasteiger partial charge in [-0.2, -0.15) is 4.98 Å². The Balaban J connectivity index is 1.87. The molecule has 1 unspecified atom stereocenters. The Hall–Kier alpha value is -1.29. The number of aromatic nitrogens is 1. The standard InChI is InChI=1S/C15H24N2O2/c1-15(2,3)17-13-8-6-9-14(16-13)19-11-12-7-4-5-10-18-12/h6,8-9,12H,4-5,7,10-11H2,1-3H3,(H,16,17). The lowest BCUT2D eigenvalue weighted by atomic mass is 10.1. The number of hydrogen-bond donors (Lipinski definition) is 1. The smallest absolute Gasteiger partial charge is 0.215 e. The van der Waals surface area contributed by atoms with Crippen molar-refractivity contribution in [3.05, 3.63) is 18.2 Å². The second-order valence-electron chi connectivity index (χ2n) is 6.04. The average molecular weight is 264 g/mol. The molecule has 1 saturated heterocycles. The molecule has 0 saturated carbocycles. The molecular weight excluding hydrogens is 240 g/mol. The predicted octanol–water partition coefficient (Wildman–Crippen LogP) is 3.24. The van der Waals surface area contributed by atoms with Crippen molar-refractivity contribution in [2.24, 2.45) is 0 Å². The maximum Gasteiger partial charge on any atom is 0.215 e. The molecule has 1 atom stereocenters. The molecular formula is C15H24N2O2. The van der Waals surface area contributed by atoms with Crippen molar-refractivity contribution in [1.29, 1.82) is 0 Å². The van der Waals surface area contributed by atoms with Crippen molar-refractivity contribution in [2.75, 3.05) is 18.5 Å². The van der Waals surface area contributed by atoms with Crippen LogP contribution in [-0.2, 0) is 4.74 Å². The molecule has 0 aliphatic carbocycles. The molecule has 106 valence electrons. The summed E-state index contributed by atoms with van der Waals surface area (Å²) in [5.74, 6) is 1.50. The average Bonchev–Trinajstić information content (AvgIpc) is 2.36. The van der Waals surface area contributed by atoms with Crippen LogP contribution >= 0.6 is 0 Å². The fourth-order valence-corrected chi connectivity index (χ4v) is 2.07. The van der Waals surface area contributed by atoms with Crippen LogP contribution in [-0.4, -0.2) is 29.8 Å². The third-order valence-electron chi connectivity index (χ3n) is 2.92. The highest BCUT2D eigenvalue weighted by molar-refractivity contribution is 5.39. The Kier molecular flexibility index (Phi) is 4.64. The number of hydrogen-bond acceptors (Lipinski definition) is 4. The Morgan fingerprint density at radius 3 is 2.89 bits per heavy atom. The van der Waals surface area contributed by atoms with E-state index in [1.54, 1.807) is 0 Å². The van der Waals surface area contributed by atoms with Crippen molar-refractivity contribution in [2.45, 2.75) is 51.7 Å². The first-order valence-electron chi connectivity index (χ1n) is 7.02. The van der Waals surface area contributed by atoms with Gasteiger partial charge in [0.2, 0.25) is 5.88 Å². The quantitative estimate of drug-likeness (QED) is 0.906. The van der Waals surface area contributed by atoms with Crippen molar-refractivity contribution < 1.29 is 9.47 Å². The summed E-state index contributed by atoms with van der Waals surface area (Å²) in [7, 11) is 0. The molecule has 4 nitrogen and oxygen atoms in total. The Labute approximate surface area is 115 Å². The molecule has 0 spiro atoms. The normalized spacial score (nSPS) is 20.1. The van der Waals surface area contributed by atoms with Crippen LogP contribution < -0.4 is 10.1 Å². The van der Waals surface area contributed by atoms with Gasteiger partial charge in [0.25, 0.3) is 0 Å². The summed E-state index contributed by atoms with van der Waals surface area (Å²) in [4.78, 5) is 4.45. The van der Waals surface area contributed by atoms with Crippen LogP contribution in [0.25, 0.3) is 0 Å². The van der Waals surface area contributed by atoms with Gasteiger partial charge in [-0.15, -0.1) is 0 Å². The van der Waals surface area contributed by atoms with E-state index in [0.29, 0.717) is 12.5 Å². The van der Waals surface area contributed by atoms with Crippen molar-refractivity contribution in [3.8, 4) is 5.88 Å². The van der Waals surface area contributed by atoms with Gasteiger partial charge in [-0.1, -0.05) is 6.07 Å². The second kappa shape index (κ2) is 6.24. The van der Waals surface area contributed by atoms with Gasteiger partial charge in [0.15, 0.2) is 0 Å². The minimum absolute atomic E-state index is 0.00188. The van der Waals surface area contributed by atoms with Crippen molar-refractivity contribution in [1.82, 2.24) is 4.98 Å². The maximum absolute atomic E-state index is 5.72. The van der Waals surface area contributed by atoms with Crippen LogP contribution in [0.2, 0.25) is 0 Å². The topological polar surface area (TPSA) is 43.4 Å². The molecule has 1 aliphatic rings. The summed E-state index contributed by atoms with van der Waals surface area (Å²) in [6, 6.07) is 5.80. The third kappa shape index (κ3) is 5.07. The molecule has 4 heteroatoms. The molecule has 0 radical (unpaired) electrons. The fourth-order valence-electron chi connectivity index (χ4n) is 2.07. The monoisotopic (exact) mass is 264 g/mol. The fraction of sp³-hybridized carbons (Fsp3) is 0.667. The van der Waals surface area contributed by atoms with E-state index < -0.39 is 0 Å². The van der Waals surface area contributed by atoms with Crippen LogP contribution in [0, 0.1) is 0 Å². The van der Waals surface area contributed by atoms with Gasteiger partial charge >= 0.3 is 0 Å². The molecule has 2 heterocycles. The van der Waals surface area contributed by atoms with E-state index in [4.69, 9.17) is 9.47 Å². The lowest BCUT2D eigenvalue weighted by Gasteiger charge is -2.23. The zero-order valence-electron chi connectivity index (χ0n) is 12.1. The molecule has 0 aromatic carbocycles. The molecule has 1 aliphatic heterocycles. The van der Waals surface area contributed by atoms with Crippen LogP contribution in [0.5, 0.6) is 5.88 Å². The zero-order valence-corrected chi connectivity index (χ0v) is 12.1. The molecule has 1 N–H and O–H groups in total. The van der Waals surface area contributed by atoms with Gasteiger partial charge in [0.1, 0.15) is 12.4 Å². The number of ether oxygens (including phenoxy) is 2. The SMILES string of the molecule is CC(C)(C)Nc1cccc(OCC2CCCCO2)n1. The maximum atomic E-state index is 5.72. The van der Waals surface area contributed by atoms with E-state index in [-0.39, 0.29) is 11.6 Å². The minimum Gasteiger partial charge on any atom is -0.475 e. The van der Waals surface area contributed by atoms with Gasteiger partial charge in [-0.05, 0) is 46.1 Å². The Morgan fingerprint density at radius 1 is 1.37 bits per heavy atom. The summed E-state index contributed by atoms with van der Waals surface area (Å²) < 4.78 is 11.4. The zero-order chi connectivity index (χ0) is 13.7. The number of anilines is 1. The molecule has 0 bridgehead atoms. The van der Waals surface area contributed by atoms with Gasteiger partial charge < -0.3 is 14.8 Å². The molecule has 1 aromatic heterocycles. The van der Waals surface area contributed by atoms with Gasteiger partial charge in [-0.25, -0.2) is 0 Å². The largest absolute Gasteiger partial charge is 0.475 e. The van der Waals surface area contributed by atoms with E-state index in [0.717, 1.165) is 18.8 Å². The summed E-state index contributed by atoms with van der Waals surface area (Å²) >= 11 is 0. The van der Waals surface area contributed by atoms with E-state index in [1.807, 2.05) is 18.2 Å². The molecule has 1 fully saturated rings. The van der Waals surface area contributed by atoms with Crippen LogP contribution in [0.4, 0.5) is 5.82 Å². The summed E-state index contributed by atoms with van der Waals surface area (Å²) in [5.41, 5.74) is -0.00188. The highest BCUT2D eigenvalue weighted by atomic mass is 16.5. The number of rotatable bonds is 4. The highest BCUT2D eigenvalue weighted by Gasteiger charge is 2.15. The van der Waals surface area contributed by atoms with Crippen LogP contribution in [0.15, 0.2) is 18.2 Å². The van der Waals surface area contributed by atoms with E-state index in [1.165, 1.54) is 12.8 Å².